The fourth-order valence-electron chi connectivity index (χ4n) is 5.18. The first-order valence-electron chi connectivity index (χ1n) is 12.8. The van der Waals surface area contributed by atoms with Crippen LogP contribution in [0.15, 0.2) is 66.7 Å². The third kappa shape index (κ3) is 5.55. The van der Waals surface area contributed by atoms with Gasteiger partial charge >= 0.3 is 5.97 Å². The number of alkyl halides is 1. The maximum absolute atomic E-state index is 13.6. The van der Waals surface area contributed by atoms with E-state index in [2.05, 4.69) is 33.0 Å². The summed E-state index contributed by atoms with van der Waals surface area (Å²) in [5, 5.41) is 23.3. The van der Waals surface area contributed by atoms with Gasteiger partial charge in [0.1, 0.15) is 6.67 Å². The molecule has 1 amide bonds. The van der Waals surface area contributed by atoms with Crippen molar-refractivity contribution in [2.45, 2.75) is 64.1 Å². The molecule has 0 fully saturated rings. The molecular weight excluding hydrogens is 481 g/mol. The molecule has 38 heavy (non-hydrogen) atoms. The Balaban J connectivity index is 1.75. The highest BCUT2D eigenvalue weighted by Gasteiger charge is 2.39. The van der Waals surface area contributed by atoms with Crippen LogP contribution in [0.2, 0.25) is 0 Å². The number of carbonyl (C=O) groups is 2. The summed E-state index contributed by atoms with van der Waals surface area (Å²) >= 11 is 0. The normalized spacial score (nSPS) is 16.6. The van der Waals surface area contributed by atoms with Gasteiger partial charge in [0.15, 0.2) is 0 Å². The second kappa shape index (κ2) is 10.5. The van der Waals surface area contributed by atoms with Crippen molar-refractivity contribution in [2.24, 2.45) is 0 Å². The lowest BCUT2D eigenvalue weighted by Gasteiger charge is -2.43. The van der Waals surface area contributed by atoms with E-state index in [1.807, 2.05) is 6.07 Å². The van der Waals surface area contributed by atoms with E-state index in [1.54, 1.807) is 54.6 Å². The van der Waals surface area contributed by atoms with Crippen LogP contribution in [0.4, 0.5) is 10.1 Å². The van der Waals surface area contributed by atoms with Gasteiger partial charge in [-0.3, -0.25) is 4.79 Å². The van der Waals surface area contributed by atoms with Gasteiger partial charge in [-0.05, 0) is 75.8 Å². The van der Waals surface area contributed by atoms with Crippen LogP contribution in [-0.4, -0.2) is 22.1 Å². The summed E-state index contributed by atoms with van der Waals surface area (Å²) in [4.78, 5) is 24.4. The average molecular weight is 516 g/mol. The van der Waals surface area contributed by atoms with E-state index in [4.69, 9.17) is 5.11 Å². The van der Waals surface area contributed by atoms with E-state index in [0.717, 1.165) is 29.5 Å². The topological polar surface area (TPSA) is 86.6 Å². The molecule has 1 aliphatic rings. The molecule has 3 N–H and O–H groups in total. The first kappa shape index (κ1) is 27.3. The first-order valence-corrected chi connectivity index (χ1v) is 12.8. The van der Waals surface area contributed by atoms with Crippen LogP contribution in [0.25, 0.3) is 6.08 Å². The summed E-state index contributed by atoms with van der Waals surface area (Å²) in [6.45, 7) is 7.91. The molecule has 4 rings (SSSR count). The molecule has 0 saturated heterocycles. The van der Waals surface area contributed by atoms with E-state index < -0.39 is 18.7 Å². The summed E-state index contributed by atoms with van der Waals surface area (Å²) in [6.07, 6.45) is 4.30. The largest absolute Gasteiger partial charge is 0.478 e. The predicted molar refractivity (Wildman–Crippen MR) is 148 cm³/mol. The lowest BCUT2D eigenvalue weighted by molar-refractivity contribution is 0.0696. The van der Waals surface area contributed by atoms with Crippen LogP contribution in [-0.2, 0) is 17.5 Å². The van der Waals surface area contributed by atoms with Gasteiger partial charge in [0.25, 0.3) is 5.91 Å². The molecule has 198 valence electrons. The lowest BCUT2D eigenvalue weighted by Crippen LogP contribution is -2.35. The zero-order valence-corrected chi connectivity index (χ0v) is 22.2. The standard InChI is InChI=1S/C32H34FNO4/c1-31(2)15-16-32(3,4)28-25(31)17-23(27(35)14-11-20-9-12-21(13-10-20)30(37)38)18-26(28)34-29(36)24-8-6-5-7-22(24)19-33/h5-14,17-18,27,35H,15-16,19H2,1-4H3,(H,34,36)(H,37,38). The van der Waals surface area contributed by atoms with E-state index >= 15 is 0 Å². The van der Waals surface area contributed by atoms with E-state index in [1.165, 1.54) is 12.1 Å². The number of amides is 1. The fraction of sp³-hybridized carbons (Fsp3) is 0.312. The Morgan fingerprint density at radius 3 is 2.32 bits per heavy atom. The molecule has 3 aromatic carbocycles. The maximum Gasteiger partial charge on any atom is 0.335 e. The van der Waals surface area contributed by atoms with Crippen LogP contribution in [0.1, 0.15) is 95.2 Å². The van der Waals surface area contributed by atoms with Crippen molar-refractivity contribution in [2.75, 3.05) is 5.32 Å². The zero-order chi connectivity index (χ0) is 27.7. The van der Waals surface area contributed by atoms with Gasteiger partial charge in [-0.15, -0.1) is 0 Å². The van der Waals surface area contributed by atoms with Gasteiger partial charge < -0.3 is 15.5 Å². The maximum atomic E-state index is 13.6. The highest BCUT2D eigenvalue weighted by atomic mass is 19.1. The summed E-state index contributed by atoms with van der Waals surface area (Å²) in [5.41, 5.74) is 4.52. The molecule has 0 heterocycles. The van der Waals surface area contributed by atoms with E-state index in [0.29, 0.717) is 16.8 Å². The Kier molecular flexibility index (Phi) is 7.56. The highest BCUT2D eigenvalue weighted by molar-refractivity contribution is 6.06. The van der Waals surface area contributed by atoms with Crippen molar-refractivity contribution in [1.82, 2.24) is 0 Å². The number of aliphatic hydroxyl groups is 1. The van der Waals surface area contributed by atoms with Crippen molar-refractivity contribution < 1.29 is 24.2 Å². The van der Waals surface area contributed by atoms with Crippen LogP contribution in [0, 0.1) is 0 Å². The molecule has 0 aromatic heterocycles. The summed E-state index contributed by atoms with van der Waals surface area (Å²) in [7, 11) is 0. The van der Waals surface area contributed by atoms with E-state index in [-0.39, 0.29) is 27.9 Å². The van der Waals surface area contributed by atoms with Gasteiger partial charge in [-0.2, -0.15) is 0 Å². The van der Waals surface area contributed by atoms with Crippen LogP contribution < -0.4 is 5.32 Å². The minimum absolute atomic E-state index is 0.173. The number of benzene rings is 3. The van der Waals surface area contributed by atoms with Crippen LogP contribution in [0.5, 0.6) is 0 Å². The molecule has 1 aliphatic carbocycles. The highest BCUT2D eigenvalue weighted by Crippen LogP contribution is 2.49. The Hall–Kier alpha value is -3.77. The minimum Gasteiger partial charge on any atom is -0.478 e. The summed E-state index contributed by atoms with van der Waals surface area (Å²) in [5.74, 6) is -1.38. The number of anilines is 1. The molecule has 0 spiro atoms. The molecule has 3 aromatic rings. The molecule has 6 heteroatoms. The van der Waals surface area contributed by atoms with Crippen molar-refractivity contribution in [3.63, 3.8) is 0 Å². The Morgan fingerprint density at radius 1 is 1.00 bits per heavy atom. The SMILES string of the molecule is CC1(C)CCC(C)(C)c2c(NC(=O)c3ccccc3CF)cc(C(O)C=Cc3ccc(C(=O)O)cc3)cc21. The Labute approximate surface area is 223 Å². The quantitative estimate of drug-likeness (QED) is 0.310. The first-order chi connectivity index (χ1) is 17.9. The number of aromatic carboxylic acids is 1. The number of carboxylic acids is 1. The molecular formula is C32H34FNO4. The van der Waals surface area contributed by atoms with Crippen molar-refractivity contribution in [3.05, 3.63) is 106 Å². The second-order valence-electron chi connectivity index (χ2n) is 11.2. The number of hydrogen-bond donors (Lipinski definition) is 3. The zero-order valence-electron chi connectivity index (χ0n) is 22.2. The van der Waals surface area contributed by atoms with E-state index in [9.17, 15) is 19.1 Å². The molecule has 1 unspecified atom stereocenters. The van der Waals surface area contributed by atoms with Gasteiger partial charge in [0, 0.05) is 11.3 Å². The smallest absolute Gasteiger partial charge is 0.335 e. The lowest BCUT2D eigenvalue weighted by atomic mass is 9.62. The second-order valence-corrected chi connectivity index (χ2v) is 11.2. The van der Waals surface area contributed by atoms with Gasteiger partial charge in [-0.25, -0.2) is 9.18 Å². The molecule has 1 atom stereocenters. The monoisotopic (exact) mass is 515 g/mol. The minimum atomic E-state index is -0.996. The van der Waals surface area contributed by atoms with Gasteiger partial charge in [-0.1, -0.05) is 76.2 Å². The number of carboxylic acid groups (broad SMARTS) is 1. The number of nitrogens with one attached hydrogen (secondary N) is 1. The molecule has 0 saturated carbocycles. The van der Waals surface area contributed by atoms with Crippen molar-refractivity contribution in [1.29, 1.82) is 0 Å². The van der Waals surface area contributed by atoms with Crippen LogP contribution in [0.3, 0.4) is 0 Å². The molecule has 0 radical (unpaired) electrons. The number of hydrogen-bond acceptors (Lipinski definition) is 3. The average Bonchev–Trinajstić information content (AvgIpc) is 2.89. The number of fused-ring (bicyclic) bond motifs is 1. The van der Waals surface area contributed by atoms with Crippen molar-refractivity contribution in [3.8, 4) is 0 Å². The summed E-state index contributed by atoms with van der Waals surface area (Å²) in [6, 6.07) is 16.8. The third-order valence-electron chi connectivity index (χ3n) is 7.57. The predicted octanol–water partition coefficient (Wildman–Crippen LogP) is 7.20. The third-order valence-corrected chi connectivity index (χ3v) is 7.57. The Bertz CT molecular complexity index is 1390. The summed E-state index contributed by atoms with van der Waals surface area (Å²) < 4.78 is 13.6. The van der Waals surface area contributed by atoms with Crippen LogP contribution >= 0.6 is 0 Å². The van der Waals surface area contributed by atoms with Crippen molar-refractivity contribution >= 4 is 23.6 Å². The molecule has 0 bridgehead atoms. The number of rotatable bonds is 7. The Morgan fingerprint density at radius 2 is 1.66 bits per heavy atom. The number of carbonyl (C=O) groups excluding carboxylic acids is 1. The molecule has 0 aliphatic heterocycles. The number of halogens is 1. The van der Waals surface area contributed by atoms with Gasteiger partial charge in [0.05, 0.1) is 11.7 Å². The molecule has 5 nitrogen and oxygen atoms in total. The van der Waals surface area contributed by atoms with Gasteiger partial charge in [0.2, 0.25) is 0 Å². The fourth-order valence-corrected chi connectivity index (χ4v) is 5.18. The number of aliphatic hydroxyl groups excluding tert-OH is 1.